The number of amides is 1. The molecule has 2 aliphatic heterocycles. The summed E-state index contributed by atoms with van der Waals surface area (Å²) in [4.78, 5) is 33.2. The molecular weight excluding hydrogens is 518 g/mol. The summed E-state index contributed by atoms with van der Waals surface area (Å²) >= 11 is 0. The first-order valence-corrected chi connectivity index (χ1v) is 14.0. The van der Waals surface area contributed by atoms with Crippen LogP contribution in [0.2, 0.25) is 0 Å². The molecule has 0 radical (unpaired) electrons. The number of carbonyl (C=O) groups excluding carboxylic acids is 3. The number of fused-ring (bicyclic) bond motifs is 1. The van der Waals surface area contributed by atoms with Gasteiger partial charge in [0.1, 0.15) is 18.0 Å². The number of ether oxygens (including phenoxy) is 2. The van der Waals surface area contributed by atoms with Crippen molar-refractivity contribution in [1.82, 2.24) is 9.47 Å². The van der Waals surface area contributed by atoms with E-state index in [-0.39, 0.29) is 12.2 Å². The maximum Gasteiger partial charge on any atom is 0.415 e. The summed E-state index contributed by atoms with van der Waals surface area (Å²) in [5.74, 6) is 0.928. The lowest BCUT2D eigenvalue weighted by Gasteiger charge is -2.37. The minimum Gasteiger partial charge on any atom is -0.488 e. The van der Waals surface area contributed by atoms with Crippen LogP contribution in [0.1, 0.15) is 43.9 Å². The minimum absolute atomic E-state index is 0.232. The number of carbonyl (C=O) groups is 1. The van der Waals surface area contributed by atoms with Gasteiger partial charge in [-0.25, -0.2) is 4.79 Å². The summed E-state index contributed by atoms with van der Waals surface area (Å²) in [6.07, 6.45) is 3.98. The van der Waals surface area contributed by atoms with Gasteiger partial charge >= 0.3 is 12.2 Å². The Balaban J connectivity index is 0.00000108. The van der Waals surface area contributed by atoms with Crippen LogP contribution in [0.3, 0.4) is 0 Å². The van der Waals surface area contributed by atoms with Gasteiger partial charge < -0.3 is 14.0 Å². The molecule has 1 aromatic heterocycles. The van der Waals surface area contributed by atoms with Crippen molar-refractivity contribution in [3.63, 3.8) is 0 Å². The van der Waals surface area contributed by atoms with Crippen LogP contribution in [0.5, 0.6) is 5.75 Å². The van der Waals surface area contributed by atoms with Gasteiger partial charge in [-0.2, -0.15) is 9.59 Å². The number of hydrogen-bond acceptors (Lipinski definition) is 6. The van der Waals surface area contributed by atoms with E-state index >= 15 is 0 Å². The van der Waals surface area contributed by atoms with Crippen molar-refractivity contribution in [3.8, 4) is 5.75 Å². The normalized spacial score (nSPS) is 16.4. The third-order valence-electron chi connectivity index (χ3n) is 7.89. The van der Waals surface area contributed by atoms with Crippen molar-refractivity contribution in [2.45, 2.75) is 51.5 Å². The zero-order valence-corrected chi connectivity index (χ0v) is 23.5. The zero-order chi connectivity index (χ0) is 28.8. The minimum atomic E-state index is -0.403. The molecule has 2 saturated heterocycles. The number of benzene rings is 3. The van der Waals surface area contributed by atoms with E-state index in [4.69, 9.17) is 19.1 Å². The van der Waals surface area contributed by atoms with Gasteiger partial charge in [0.25, 0.3) is 0 Å². The highest BCUT2D eigenvalue weighted by atomic mass is 16.6. The Morgan fingerprint density at radius 3 is 2.24 bits per heavy atom. The smallest absolute Gasteiger partial charge is 0.415 e. The number of rotatable bonds is 7. The van der Waals surface area contributed by atoms with E-state index in [2.05, 4.69) is 59.8 Å². The Bertz CT molecular complexity index is 1500. The summed E-state index contributed by atoms with van der Waals surface area (Å²) in [5.41, 5.74) is 4.15. The molecule has 8 heteroatoms. The first-order chi connectivity index (χ1) is 19.9. The van der Waals surface area contributed by atoms with Crippen molar-refractivity contribution in [1.29, 1.82) is 0 Å². The van der Waals surface area contributed by atoms with Crippen LogP contribution in [0.15, 0.2) is 85.1 Å². The SMILES string of the molecule is CC(C)n1cc(CN2CCC3(CC2)CN(c2ccccc2)C(=O)O3)c2c(OCc3ccccc3)cccc21.O=C=O. The highest BCUT2D eigenvalue weighted by Crippen LogP contribution is 2.38. The number of para-hydroxylation sites is 1. The molecule has 0 unspecified atom stereocenters. The molecule has 4 aromatic rings. The maximum absolute atomic E-state index is 12.7. The van der Waals surface area contributed by atoms with Gasteiger partial charge in [0.2, 0.25) is 0 Å². The van der Waals surface area contributed by atoms with Gasteiger partial charge in [-0.05, 0) is 49.2 Å². The van der Waals surface area contributed by atoms with E-state index in [9.17, 15) is 4.79 Å². The molecule has 0 saturated carbocycles. The second-order valence-electron chi connectivity index (χ2n) is 10.9. The van der Waals surface area contributed by atoms with Crippen molar-refractivity contribution in [3.05, 3.63) is 96.2 Å². The number of anilines is 1. The van der Waals surface area contributed by atoms with Crippen molar-refractivity contribution in [2.24, 2.45) is 0 Å². The summed E-state index contributed by atoms with van der Waals surface area (Å²) in [7, 11) is 0. The molecule has 0 atom stereocenters. The van der Waals surface area contributed by atoms with E-state index in [1.165, 1.54) is 16.5 Å². The molecule has 0 aliphatic carbocycles. The second kappa shape index (κ2) is 12.4. The van der Waals surface area contributed by atoms with Crippen molar-refractivity contribution >= 4 is 28.8 Å². The lowest BCUT2D eigenvalue weighted by molar-refractivity contribution is -0.191. The van der Waals surface area contributed by atoms with E-state index in [1.807, 2.05) is 48.5 Å². The van der Waals surface area contributed by atoms with Crippen LogP contribution < -0.4 is 9.64 Å². The summed E-state index contributed by atoms with van der Waals surface area (Å²) < 4.78 is 14.7. The fourth-order valence-electron chi connectivity index (χ4n) is 5.81. The highest BCUT2D eigenvalue weighted by Gasteiger charge is 2.47. The van der Waals surface area contributed by atoms with Crippen LogP contribution >= 0.6 is 0 Å². The molecular formula is C33H35N3O5. The topological polar surface area (TPSA) is 81.1 Å². The van der Waals surface area contributed by atoms with Gasteiger partial charge in [-0.3, -0.25) is 9.80 Å². The van der Waals surface area contributed by atoms with Gasteiger partial charge in [-0.1, -0.05) is 54.6 Å². The first kappa shape index (κ1) is 28.1. The third-order valence-corrected chi connectivity index (χ3v) is 7.89. The van der Waals surface area contributed by atoms with Crippen molar-refractivity contribution in [2.75, 3.05) is 24.5 Å². The highest BCUT2D eigenvalue weighted by molar-refractivity contribution is 5.91. The summed E-state index contributed by atoms with van der Waals surface area (Å²) in [6, 6.07) is 26.8. The molecule has 41 heavy (non-hydrogen) atoms. The number of likely N-dealkylation sites (tertiary alicyclic amines) is 1. The Kier molecular flexibility index (Phi) is 8.53. The molecule has 6 rings (SSSR count). The van der Waals surface area contributed by atoms with Crippen LogP contribution in [-0.2, 0) is 27.5 Å². The monoisotopic (exact) mass is 553 g/mol. The van der Waals surface area contributed by atoms with Gasteiger partial charge in [0.05, 0.1) is 12.1 Å². The lowest BCUT2D eigenvalue weighted by atomic mass is 9.91. The standard InChI is InChI=1S/C32H35N3O3.CO2/c1-24(2)34-21-26(30-28(34)14-9-15-29(30)37-22-25-10-5-3-6-11-25)20-33-18-16-32(17-19-33)23-35(31(36)38-32)27-12-7-4-8-13-27;2-1-3/h3-15,21,24H,16-20,22-23H2,1-2H3;. The number of aromatic nitrogens is 1. The molecule has 0 N–H and O–H groups in total. The van der Waals surface area contributed by atoms with Gasteiger partial charge in [0.15, 0.2) is 0 Å². The molecule has 1 amide bonds. The summed E-state index contributed by atoms with van der Waals surface area (Å²) in [5, 5.41) is 1.19. The molecule has 1 spiro atoms. The van der Waals surface area contributed by atoms with E-state index in [0.717, 1.165) is 49.5 Å². The quantitative estimate of drug-likeness (QED) is 0.271. The van der Waals surface area contributed by atoms with Gasteiger partial charge in [0, 0.05) is 55.8 Å². The molecule has 0 bridgehead atoms. The fourth-order valence-corrected chi connectivity index (χ4v) is 5.81. The molecule has 3 aromatic carbocycles. The zero-order valence-electron chi connectivity index (χ0n) is 23.5. The molecule has 2 fully saturated rings. The number of piperidine rings is 1. The third kappa shape index (κ3) is 6.19. The van der Waals surface area contributed by atoms with E-state index in [1.54, 1.807) is 4.90 Å². The van der Waals surface area contributed by atoms with Crippen LogP contribution in [0.4, 0.5) is 10.5 Å². The Morgan fingerprint density at radius 1 is 0.927 bits per heavy atom. The fraction of sp³-hybridized carbons (Fsp3) is 0.333. The molecule has 212 valence electrons. The average Bonchev–Trinajstić information content (AvgIpc) is 3.52. The largest absolute Gasteiger partial charge is 0.488 e. The lowest BCUT2D eigenvalue weighted by Crippen LogP contribution is -2.46. The molecule has 8 nitrogen and oxygen atoms in total. The Hall–Kier alpha value is -4.39. The second-order valence-corrected chi connectivity index (χ2v) is 10.9. The Morgan fingerprint density at radius 2 is 1.59 bits per heavy atom. The number of nitrogens with zero attached hydrogens (tertiary/aromatic N) is 3. The summed E-state index contributed by atoms with van der Waals surface area (Å²) in [6.45, 7) is 8.22. The predicted octanol–water partition coefficient (Wildman–Crippen LogP) is 6.21. The Labute approximate surface area is 240 Å². The van der Waals surface area contributed by atoms with E-state index in [0.29, 0.717) is 19.2 Å². The predicted molar refractivity (Wildman–Crippen MR) is 156 cm³/mol. The van der Waals surface area contributed by atoms with Crippen molar-refractivity contribution < 1.29 is 23.9 Å². The van der Waals surface area contributed by atoms with Crippen LogP contribution in [-0.4, -0.2) is 46.9 Å². The molecule has 2 aliphatic rings. The van der Waals surface area contributed by atoms with Crippen LogP contribution in [0.25, 0.3) is 10.9 Å². The van der Waals surface area contributed by atoms with E-state index < -0.39 is 5.60 Å². The molecule has 3 heterocycles. The number of hydrogen-bond donors (Lipinski definition) is 0. The van der Waals surface area contributed by atoms with Gasteiger partial charge in [-0.15, -0.1) is 0 Å². The average molecular weight is 554 g/mol. The first-order valence-electron chi connectivity index (χ1n) is 14.0. The van der Waals surface area contributed by atoms with Crippen LogP contribution in [0, 0.1) is 0 Å². The maximum atomic E-state index is 12.7.